The zero-order valence-electron chi connectivity index (χ0n) is 7.56. The van der Waals surface area contributed by atoms with Gasteiger partial charge in [0.1, 0.15) is 0 Å². The lowest BCUT2D eigenvalue weighted by atomic mass is 9.91. The van der Waals surface area contributed by atoms with Crippen molar-refractivity contribution in [3.05, 3.63) is 0 Å². The van der Waals surface area contributed by atoms with Crippen molar-refractivity contribution < 1.29 is 0 Å². The van der Waals surface area contributed by atoms with Gasteiger partial charge >= 0.3 is 0 Å². The molecule has 0 aliphatic rings. The van der Waals surface area contributed by atoms with Crippen LogP contribution in [0.25, 0.3) is 0 Å². The number of hydrogen-bond acceptors (Lipinski definition) is 1. The predicted molar refractivity (Wildman–Crippen MR) is 47.0 cm³/mol. The Morgan fingerprint density at radius 1 is 1.10 bits per heavy atom. The lowest BCUT2D eigenvalue weighted by Gasteiger charge is -2.20. The summed E-state index contributed by atoms with van der Waals surface area (Å²) in [4.78, 5) is 0. The molecule has 1 nitrogen and oxygen atoms in total. The second kappa shape index (κ2) is 5.72. The molecular weight excluding hydrogens is 122 g/mol. The third-order valence-electron chi connectivity index (χ3n) is 2.26. The minimum Gasteiger partial charge on any atom is -0.327 e. The molecule has 0 heterocycles. The summed E-state index contributed by atoms with van der Waals surface area (Å²) in [7, 11) is 0. The van der Waals surface area contributed by atoms with E-state index in [1.165, 1.54) is 19.3 Å². The lowest BCUT2D eigenvalue weighted by molar-refractivity contribution is 0.370. The van der Waals surface area contributed by atoms with E-state index < -0.39 is 0 Å². The van der Waals surface area contributed by atoms with Gasteiger partial charge in [0.2, 0.25) is 0 Å². The first-order valence-electron chi connectivity index (χ1n) is 4.51. The molecule has 1 unspecified atom stereocenters. The van der Waals surface area contributed by atoms with Gasteiger partial charge < -0.3 is 5.73 Å². The molecular formula is C9H21N. The molecule has 2 atom stereocenters. The van der Waals surface area contributed by atoms with Crippen molar-refractivity contribution in [2.45, 2.75) is 52.5 Å². The van der Waals surface area contributed by atoms with Crippen LogP contribution >= 0.6 is 0 Å². The average molecular weight is 143 g/mol. The van der Waals surface area contributed by atoms with Gasteiger partial charge in [0.05, 0.1) is 0 Å². The van der Waals surface area contributed by atoms with Gasteiger partial charge in [-0.2, -0.15) is 0 Å². The van der Waals surface area contributed by atoms with Crippen LogP contribution in [0.3, 0.4) is 0 Å². The standard InChI is InChI=1S/C9H21N/c1-4-7-8(5-2)9(10)6-3/h8-9H,4-7,10H2,1-3H3/t8-,9?/m1/s1. The van der Waals surface area contributed by atoms with Gasteiger partial charge in [-0.25, -0.2) is 0 Å². The molecule has 2 N–H and O–H groups in total. The fraction of sp³-hybridized carbons (Fsp3) is 1.00. The maximum absolute atomic E-state index is 5.91. The zero-order valence-corrected chi connectivity index (χ0v) is 7.56. The Kier molecular flexibility index (Phi) is 5.70. The molecule has 1 heteroatoms. The first kappa shape index (κ1) is 9.96. The van der Waals surface area contributed by atoms with E-state index in [0.717, 1.165) is 12.3 Å². The Hall–Kier alpha value is -0.0400. The highest BCUT2D eigenvalue weighted by atomic mass is 14.6. The van der Waals surface area contributed by atoms with Crippen LogP contribution in [0.5, 0.6) is 0 Å². The van der Waals surface area contributed by atoms with Crippen LogP contribution in [0.15, 0.2) is 0 Å². The van der Waals surface area contributed by atoms with E-state index in [1.807, 2.05) is 0 Å². The summed E-state index contributed by atoms with van der Waals surface area (Å²) in [6.07, 6.45) is 4.93. The van der Waals surface area contributed by atoms with E-state index in [-0.39, 0.29) is 0 Å². The molecule has 0 aromatic carbocycles. The van der Waals surface area contributed by atoms with E-state index >= 15 is 0 Å². The zero-order chi connectivity index (χ0) is 7.98. The molecule has 0 rings (SSSR count). The highest BCUT2D eigenvalue weighted by molar-refractivity contribution is 4.69. The van der Waals surface area contributed by atoms with E-state index in [2.05, 4.69) is 20.8 Å². The summed E-state index contributed by atoms with van der Waals surface area (Å²) >= 11 is 0. The summed E-state index contributed by atoms with van der Waals surface area (Å²) in [6.45, 7) is 6.63. The predicted octanol–water partition coefficient (Wildman–Crippen LogP) is 2.55. The van der Waals surface area contributed by atoms with Gasteiger partial charge in [-0.3, -0.25) is 0 Å². The summed E-state index contributed by atoms with van der Waals surface area (Å²) in [5.74, 6) is 0.759. The summed E-state index contributed by atoms with van der Waals surface area (Å²) in [5, 5.41) is 0. The molecule has 0 aliphatic heterocycles. The Morgan fingerprint density at radius 3 is 2.00 bits per heavy atom. The van der Waals surface area contributed by atoms with Crippen molar-refractivity contribution >= 4 is 0 Å². The molecule has 0 aliphatic carbocycles. The van der Waals surface area contributed by atoms with Gasteiger partial charge in [0, 0.05) is 6.04 Å². The van der Waals surface area contributed by atoms with Crippen molar-refractivity contribution in [3.63, 3.8) is 0 Å². The van der Waals surface area contributed by atoms with Crippen LogP contribution in [0.2, 0.25) is 0 Å². The van der Waals surface area contributed by atoms with Gasteiger partial charge in [0.15, 0.2) is 0 Å². The molecule has 0 aromatic rings. The molecule has 10 heavy (non-hydrogen) atoms. The normalized spacial score (nSPS) is 16.8. The second-order valence-electron chi connectivity index (χ2n) is 3.03. The van der Waals surface area contributed by atoms with Gasteiger partial charge in [-0.1, -0.05) is 33.6 Å². The molecule has 0 radical (unpaired) electrons. The van der Waals surface area contributed by atoms with Gasteiger partial charge in [-0.05, 0) is 18.8 Å². The van der Waals surface area contributed by atoms with Crippen molar-refractivity contribution in [3.8, 4) is 0 Å². The van der Waals surface area contributed by atoms with E-state index in [0.29, 0.717) is 6.04 Å². The third-order valence-corrected chi connectivity index (χ3v) is 2.26. The van der Waals surface area contributed by atoms with Crippen LogP contribution < -0.4 is 5.73 Å². The third kappa shape index (κ3) is 3.21. The van der Waals surface area contributed by atoms with Crippen LogP contribution in [0.4, 0.5) is 0 Å². The average Bonchev–Trinajstić information content (AvgIpc) is 1.99. The van der Waals surface area contributed by atoms with Crippen LogP contribution in [0.1, 0.15) is 46.5 Å². The molecule has 0 amide bonds. The Morgan fingerprint density at radius 2 is 1.70 bits per heavy atom. The fourth-order valence-electron chi connectivity index (χ4n) is 1.43. The lowest BCUT2D eigenvalue weighted by Crippen LogP contribution is -2.28. The smallest absolute Gasteiger partial charge is 0.00644 e. The molecule has 0 aromatic heterocycles. The van der Waals surface area contributed by atoms with Crippen LogP contribution in [0, 0.1) is 5.92 Å². The van der Waals surface area contributed by atoms with E-state index in [9.17, 15) is 0 Å². The summed E-state index contributed by atoms with van der Waals surface area (Å²) in [5.41, 5.74) is 5.91. The fourth-order valence-corrected chi connectivity index (χ4v) is 1.43. The maximum Gasteiger partial charge on any atom is 0.00644 e. The number of rotatable bonds is 5. The number of hydrogen-bond donors (Lipinski definition) is 1. The second-order valence-corrected chi connectivity index (χ2v) is 3.03. The van der Waals surface area contributed by atoms with Crippen LogP contribution in [-0.2, 0) is 0 Å². The molecule has 0 bridgehead atoms. The van der Waals surface area contributed by atoms with E-state index in [4.69, 9.17) is 5.73 Å². The monoisotopic (exact) mass is 143 g/mol. The maximum atomic E-state index is 5.91. The summed E-state index contributed by atoms with van der Waals surface area (Å²) < 4.78 is 0. The van der Waals surface area contributed by atoms with Crippen molar-refractivity contribution in [1.82, 2.24) is 0 Å². The molecule has 0 fully saturated rings. The largest absolute Gasteiger partial charge is 0.327 e. The molecule has 0 saturated heterocycles. The minimum absolute atomic E-state index is 0.435. The van der Waals surface area contributed by atoms with Crippen LogP contribution in [-0.4, -0.2) is 6.04 Å². The first-order valence-corrected chi connectivity index (χ1v) is 4.51. The van der Waals surface area contributed by atoms with Crippen molar-refractivity contribution in [1.29, 1.82) is 0 Å². The topological polar surface area (TPSA) is 26.0 Å². The van der Waals surface area contributed by atoms with Gasteiger partial charge in [0.25, 0.3) is 0 Å². The Balaban J connectivity index is 3.56. The summed E-state index contributed by atoms with van der Waals surface area (Å²) in [6, 6.07) is 0.435. The SMILES string of the molecule is CCC[C@@H](CC)C(N)CC. The molecule has 0 spiro atoms. The highest BCUT2D eigenvalue weighted by Gasteiger charge is 2.11. The van der Waals surface area contributed by atoms with E-state index in [1.54, 1.807) is 0 Å². The highest BCUT2D eigenvalue weighted by Crippen LogP contribution is 2.15. The Labute approximate surface area is 65.0 Å². The van der Waals surface area contributed by atoms with Crippen molar-refractivity contribution in [2.75, 3.05) is 0 Å². The quantitative estimate of drug-likeness (QED) is 0.629. The van der Waals surface area contributed by atoms with Gasteiger partial charge in [-0.15, -0.1) is 0 Å². The first-order chi connectivity index (χ1) is 4.76. The Bertz CT molecular complexity index is 71.1. The minimum atomic E-state index is 0.435. The number of nitrogens with two attached hydrogens (primary N) is 1. The van der Waals surface area contributed by atoms with Crippen molar-refractivity contribution in [2.24, 2.45) is 11.7 Å². The molecule has 62 valence electrons. The molecule has 0 saturated carbocycles.